The number of likely N-dealkylation sites (tertiary alicyclic amines) is 1. The van der Waals surface area contributed by atoms with E-state index in [9.17, 15) is 5.11 Å². The first-order chi connectivity index (χ1) is 7.34. The third-order valence-electron chi connectivity index (χ3n) is 3.87. The van der Waals surface area contributed by atoms with E-state index in [1.807, 2.05) is 0 Å². The van der Waals surface area contributed by atoms with Crippen molar-refractivity contribution in [3.8, 4) is 0 Å². The molecule has 1 N–H and O–H groups in total. The van der Waals surface area contributed by atoms with Crippen molar-refractivity contribution in [3.05, 3.63) is 0 Å². The highest BCUT2D eigenvalue weighted by Gasteiger charge is 2.29. The van der Waals surface area contributed by atoms with E-state index in [4.69, 9.17) is 0 Å². The highest BCUT2D eigenvalue weighted by atomic mass is 32.1. The number of aliphatic hydroxyl groups excluding tert-OH is 1. The highest BCUT2D eigenvalue weighted by molar-refractivity contribution is 7.80. The molecular weight excluding hydrogens is 218 g/mol. The van der Waals surface area contributed by atoms with Crippen molar-refractivity contribution in [2.45, 2.75) is 40.2 Å². The maximum atomic E-state index is 9.70. The number of thiol groups is 1. The maximum absolute atomic E-state index is 9.70. The van der Waals surface area contributed by atoms with E-state index in [2.05, 4.69) is 45.2 Å². The number of rotatable bonds is 3. The van der Waals surface area contributed by atoms with Crippen molar-refractivity contribution >= 4 is 12.6 Å². The van der Waals surface area contributed by atoms with E-state index in [0.717, 1.165) is 31.8 Å². The quantitative estimate of drug-likeness (QED) is 0.745. The van der Waals surface area contributed by atoms with Crippen LogP contribution >= 0.6 is 12.6 Å². The molecule has 1 aliphatic heterocycles. The van der Waals surface area contributed by atoms with E-state index >= 15 is 0 Å². The summed E-state index contributed by atoms with van der Waals surface area (Å²) in [4.78, 5) is 2.49. The first-order valence-electron chi connectivity index (χ1n) is 6.36. The molecule has 3 atom stereocenters. The summed E-state index contributed by atoms with van der Waals surface area (Å²) in [5.41, 5.74) is 0.320. The minimum absolute atomic E-state index is 0.0969. The van der Waals surface area contributed by atoms with Gasteiger partial charge in [0.1, 0.15) is 0 Å². The Morgan fingerprint density at radius 3 is 2.50 bits per heavy atom. The maximum Gasteiger partial charge on any atom is 0.0590 e. The van der Waals surface area contributed by atoms with Gasteiger partial charge in [-0.1, -0.05) is 27.7 Å². The van der Waals surface area contributed by atoms with E-state index in [1.165, 1.54) is 0 Å². The lowest BCUT2D eigenvalue weighted by Gasteiger charge is -2.39. The van der Waals surface area contributed by atoms with Crippen LogP contribution in [0.5, 0.6) is 0 Å². The van der Waals surface area contributed by atoms with Gasteiger partial charge in [-0.2, -0.15) is 12.6 Å². The molecule has 0 aromatic carbocycles. The summed E-state index contributed by atoms with van der Waals surface area (Å²) in [6.45, 7) is 12.2. The van der Waals surface area contributed by atoms with Gasteiger partial charge in [-0.3, -0.25) is 0 Å². The van der Waals surface area contributed by atoms with E-state index < -0.39 is 0 Å². The van der Waals surface area contributed by atoms with E-state index in [-0.39, 0.29) is 6.10 Å². The van der Waals surface area contributed by atoms with Gasteiger partial charge in [0.25, 0.3) is 0 Å². The number of aliphatic hydroxyl groups is 1. The van der Waals surface area contributed by atoms with Gasteiger partial charge < -0.3 is 10.0 Å². The first-order valence-corrected chi connectivity index (χ1v) is 6.99. The molecule has 96 valence electrons. The van der Waals surface area contributed by atoms with Crippen LogP contribution < -0.4 is 0 Å². The zero-order valence-corrected chi connectivity index (χ0v) is 12.0. The second kappa shape index (κ2) is 5.74. The zero-order chi connectivity index (χ0) is 12.3. The molecule has 3 heteroatoms. The lowest BCUT2D eigenvalue weighted by atomic mass is 9.81. The Kier molecular flexibility index (Phi) is 5.14. The summed E-state index contributed by atoms with van der Waals surface area (Å²) < 4.78 is 0. The van der Waals surface area contributed by atoms with Crippen LogP contribution in [0.1, 0.15) is 34.1 Å². The van der Waals surface area contributed by atoms with Crippen LogP contribution in [0.3, 0.4) is 0 Å². The average Bonchev–Trinajstić information content (AvgIpc) is 2.18. The Balaban J connectivity index is 2.47. The average molecular weight is 245 g/mol. The van der Waals surface area contributed by atoms with Crippen LogP contribution in [0.2, 0.25) is 0 Å². The second-order valence-corrected chi connectivity index (χ2v) is 6.70. The molecule has 1 aliphatic rings. The predicted molar refractivity (Wildman–Crippen MR) is 73.0 cm³/mol. The Labute approximate surface area is 106 Å². The molecule has 2 nitrogen and oxygen atoms in total. The molecule has 1 fully saturated rings. The van der Waals surface area contributed by atoms with Crippen LogP contribution in [-0.4, -0.2) is 41.5 Å². The molecule has 0 amide bonds. The molecule has 1 heterocycles. The monoisotopic (exact) mass is 245 g/mol. The van der Waals surface area contributed by atoms with E-state index in [0.29, 0.717) is 17.3 Å². The number of hydrogen-bond acceptors (Lipinski definition) is 3. The minimum Gasteiger partial charge on any atom is -0.393 e. The molecule has 0 aromatic rings. The molecular formula is C13H27NOS. The first kappa shape index (κ1) is 14.3. The molecule has 0 radical (unpaired) electrons. The van der Waals surface area contributed by atoms with Gasteiger partial charge in [0.05, 0.1) is 6.10 Å². The lowest BCUT2D eigenvalue weighted by molar-refractivity contribution is 0.0229. The Morgan fingerprint density at radius 2 is 2.06 bits per heavy atom. The molecule has 1 saturated heterocycles. The van der Waals surface area contributed by atoms with Crippen molar-refractivity contribution in [3.63, 3.8) is 0 Å². The molecule has 3 unspecified atom stereocenters. The summed E-state index contributed by atoms with van der Waals surface area (Å²) >= 11 is 4.47. The molecule has 0 saturated carbocycles. The predicted octanol–water partition coefficient (Wildman–Crippen LogP) is 2.28. The summed E-state index contributed by atoms with van der Waals surface area (Å²) in [7, 11) is 0. The fourth-order valence-corrected chi connectivity index (χ4v) is 2.97. The van der Waals surface area contributed by atoms with Crippen molar-refractivity contribution in [1.29, 1.82) is 0 Å². The standard InChI is InChI=1S/C13H27NOS/c1-10-7-14(6-5-12(10)15)8-11(9-16)13(2,3)4/h10-12,15-16H,5-9H2,1-4H3. The third-order valence-corrected chi connectivity index (χ3v) is 4.31. The van der Waals surface area contributed by atoms with Gasteiger partial charge in [-0.25, -0.2) is 0 Å². The van der Waals surface area contributed by atoms with Crippen molar-refractivity contribution in [2.24, 2.45) is 17.3 Å². The molecule has 0 spiro atoms. The fourth-order valence-electron chi connectivity index (χ4n) is 2.30. The molecule has 16 heavy (non-hydrogen) atoms. The highest BCUT2D eigenvalue weighted by Crippen LogP contribution is 2.29. The molecule has 1 rings (SSSR count). The Morgan fingerprint density at radius 1 is 1.44 bits per heavy atom. The smallest absolute Gasteiger partial charge is 0.0590 e. The summed E-state index contributed by atoms with van der Waals surface area (Å²) in [6, 6.07) is 0. The molecule has 0 bridgehead atoms. The van der Waals surface area contributed by atoms with Crippen LogP contribution in [0.4, 0.5) is 0 Å². The van der Waals surface area contributed by atoms with Crippen molar-refractivity contribution < 1.29 is 5.11 Å². The normalized spacial score (nSPS) is 30.4. The van der Waals surface area contributed by atoms with Crippen LogP contribution in [0.25, 0.3) is 0 Å². The fraction of sp³-hybridized carbons (Fsp3) is 1.00. The van der Waals surface area contributed by atoms with Crippen LogP contribution in [0, 0.1) is 17.3 Å². The van der Waals surface area contributed by atoms with Gasteiger partial charge in [0, 0.05) is 19.6 Å². The van der Waals surface area contributed by atoms with Crippen LogP contribution in [0.15, 0.2) is 0 Å². The summed E-state index contributed by atoms with van der Waals surface area (Å²) in [5.74, 6) is 1.98. The SMILES string of the molecule is CC1CN(CC(CS)C(C)(C)C)CCC1O. The topological polar surface area (TPSA) is 23.5 Å². The number of nitrogens with zero attached hydrogens (tertiary/aromatic N) is 1. The van der Waals surface area contributed by atoms with Gasteiger partial charge >= 0.3 is 0 Å². The number of piperidine rings is 1. The molecule has 0 aromatic heterocycles. The van der Waals surface area contributed by atoms with Gasteiger partial charge in [-0.05, 0) is 29.4 Å². The van der Waals surface area contributed by atoms with Gasteiger partial charge in [0.15, 0.2) is 0 Å². The Bertz CT molecular complexity index is 214. The van der Waals surface area contributed by atoms with Gasteiger partial charge in [-0.15, -0.1) is 0 Å². The van der Waals surface area contributed by atoms with Crippen molar-refractivity contribution in [2.75, 3.05) is 25.4 Å². The lowest BCUT2D eigenvalue weighted by Crippen LogP contribution is -2.45. The van der Waals surface area contributed by atoms with Crippen LogP contribution in [-0.2, 0) is 0 Å². The second-order valence-electron chi connectivity index (χ2n) is 6.34. The van der Waals surface area contributed by atoms with Gasteiger partial charge in [0.2, 0.25) is 0 Å². The summed E-state index contributed by atoms with van der Waals surface area (Å²) in [5, 5.41) is 9.70. The minimum atomic E-state index is -0.0969. The Hall–Kier alpha value is 0.270. The summed E-state index contributed by atoms with van der Waals surface area (Å²) in [6.07, 6.45) is 0.824. The van der Waals surface area contributed by atoms with E-state index in [1.54, 1.807) is 0 Å². The number of hydrogen-bond donors (Lipinski definition) is 2. The largest absolute Gasteiger partial charge is 0.393 e. The van der Waals surface area contributed by atoms with Crippen molar-refractivity contribution in [1.82, 2.24) is 4.90 Å². The third kappa shape index (κ3) is 3.94. The zero-order valence-electron chi connectivity index (χ0n) is 11.1. The molecule has 0 aliphatic carbocycles.